The van der Waals surface area contributed by atoms with E-state index >= 15 is 0 Å². The van der Waals surface area contributed by atoms with Crippen molar-refractivity contribution in [3.05, 3.63) is 0 Å². The number of hydrogen-bond acceptors (Lipinski definition) is 5. The molecule has 0 spiro atoms. The Morgan fingerprint density at radius 1 is 0.688 bits per heavy atom. The second kappa shape index (κ2) is 22.8. The summed E-state index contributed by atoms with van der Waals surface area (Å²) in [6, 6.07) is 0. The van der Waals surface area contributed by atoms with E-state index < -0.39 is 7.82 Å². The second-order valence-corrected chi connectivity index (χ2v) is 10.4. The maximum Gasteiger partial charge on any atom is 0.265 e. The number of phosphoric acid groups is 1. The molecular formula is C24H54NO6P. The van der Waals surface area contributed by atoms with E-state index in [9.17, 15) is 19.7 Å². The molecule has 0 bridgehead atoms. The first-order valence-electron chi connectivity index (χ1n) is 12.8. The van der Waals surface area contributed by atoms with Crippen molar-refractivity contribution in [3.63, 3.8) is 0 Å². The Morgan fingerprint density at radius 2 is 1.06 bits per heavy atom. The third-order valence-electron chi connectivity index (χ3n) is 6.45. The molecule has 32 heavy (non-hydrogen) atoms. The molecule has 0 fully saturated rings. The standard InChI is InChI=1S/C24H51O6P.H3N/c1-2-3-4-5-6-7-8-9-11-14-17-24(19-21-25,20-22-26)18-15-12-10-13-16-23-30-31(27,28)29;/h25-26H,2-23H2,1H3,(H2,27,28,29);1H3. The zero-order valence-corrected chi connectivity index (χ0v) is 22.0. The molecule has 0 saturated carbocycles. The molecule has 8 heteroatoms. The summed E-state index contributed by atoms with van der Waals surface area (Å²) in [7, 11) is -4.59. The number of phosphoric ester groups is 1. The third kappa shape index (κ3) is 21.8. The number of quaternary nitrogens is 1. The lowest BCUT2D eigenvalue weighted by Crippen LogP contribution is -2.24. The van der Waals surface area contributed by atoms with Gasteiger partial charge in [0.2, 0.25) is 0 Å². The van der Waals surface area contributed by atoms with Gasteiger partial charge >= 0.3 is 0 Å². The summed E-state index contributed by atoms with van der Waals surface area (Å²) in [5.41, 5.74) is 0.0405. The van der Waals surface area contributed by atoms with Crippen molar-refractivity contribution in [1.82, 2.24) is 6.15 Å². The van der Waals surface area contributed by atoms with Crippen molar-refractivity contribution in [2.75, 3.05) is 19.8 Å². The zero-order valence-electron chi connectivity index (χ0n) is 21.1. The van der Waals surface area contributed by atoms with E-state index in [2.05, 4.69) is 11.4 Å². The van der Waals surface area contributed by atoms with Crippen molar-refractivity contribution in [3.8, 4) is 0 Å². The number of rotatable bonds is 24. The van der Waals surface area contributed by atoms with Gasteiger partial charge in [0.05, 0.1) is 6.61 Å². The smallest absolute Gasteiger partial charge is 0.265 e. The van der Waals surface area contributed by atoms with Crippen molar-refractivity contribution in [2.45, 2.75) is 129 Å². The molecule has 0 heterocycles. The molecule has 7 nitrogen and oxygen atoms in total. The molecular weight excluding hydrogens is 429 g/mol. The van der Waals surface area contributed by atoms with Crippen LogP contribution in [0, 0.1) is 5.41 Å². The van der Waals surface area contributed by atoms with E-state index in [-0.39, 0.29) is 31.4 Å². The fourth-order valence-electron chi connectivity index (χ4n) is 4.52. The molecule has 0 saturated heterocycles. The van der Waals surface area contributed by atoms with Gasteiger partial charge in [0, 0.05) is 13.2 Å². The first-order chi connectivity index (χ1) is 14.9. The number of aliphatic hydroxyl groups excluding tert-OH is 2. The molecule has 0 aromatic heterocycles. The van der Waals surface area contributed by atoms with Gasteiger partial charge in [-0.3, -0.25) is 4.57 Å². The highest BCUT2D eigenvalue weighted by molar-refractivity contribution is 7.44. The highest BCUT2D eigenvalue weighted by Crippen LogP contribution is 2.38. The largest absolute Gasteiger partial charge is 0.756 e. The van der Waals surface area contributed by atoms with Gasteiger partial charge in [0.1, 0.15) is 0 Å². The van der Waals surface area contributed by atoms with E-state index in [0.29, 0.717) is 6.42 Å². The molecule has 1 atom stereocenters. The third-order valence-corrected chi connectivity index (χ3v) is 6.96. The average Bonchev–Trinajstić information content (AvgIpc) is 2.71. The van der Waals surface area contributed by atoms with Crippen molar-refractivity contribution in [2.24, 2.45) is 5.41 Å². The Morgan fingerprint density at radius 3 is 1.44 bits per heavy atom. The van der Waals surface area contributed by atoms with Crippen LogP contribution in [0.3, 0.4) is 0 Å². The molecule has 196 valence electrons. The SMILES string of the molecule is CCCCCCCCCCCCC(CCO)(CCO)CCCCCCCOP(=O)([O-])O.[NH4+]. The predicted molar refractivity (Wildman–Crippen MR) is 132 cm³/mol. The topological polar surface area (TPSA) is 147 Å². The summed E-state index contributed by atoms with van der Waals surface area (Å²) in [5.74, 6) is 0. The lowest BCUT2D eigenvalue weighted by molar-refractivity contribution is -0.219. The van der Waals surface area contributed by atoms with E-state index in [1.807, 2.05) is 0 Å². The van der Waals surface area contributed by atoms with Gasteiger partial charge in [-0.2, -0.15) is 0 Å². The highest BCUT2D eigenvalue weighted by atomic mass is 31.2. The maximum absolute atomic E-state index is 10.5. The summed E-state index contributed by atoms with van der Waals surface area (Å²) in [6.45, 7) is 2.63. The van der Waals surface area contributed by atoms with Crippen LogP contribution in [0.25, 0.3) is 0 Å². The van der Waals surface area contributed by atoms with Crippen LogP contribution in [0.5, 0.6) is 0 Å². The Hall–Kier alpha value is -0.0100. The van der Waals surface area contributed by atoms with Crippen molar-refractivity contribution >= 4 is 7.82 Å². The molecule has 0 aromatic rings. The Bertz CT molecular complexity index is 427. The average molecular weight is 484 g/mol. The van der Waals surface area contributed by atoms with Gasteiger partial charge < -0.3 is 30.7 Å². The van der Waals surface area contributed by atoms with Crippen LogP contribution in [-0.2, 0) is 9.09 Å². The second-order valence-electron chi connectivity index (χ2n) is 9.20. The Labute approximate surface area is 197 Å². The van der Waals surface area contributed by atoms with E-state index in [4.69, 9.17) is 4.89 Å². The minimum absolute atomic E-state index is 0. The Balaban J connectivity index is 0. The lowest BCUT2D eigenvalue weighted by Gasteiger charge is -2.33. The molecule has 0 aliphatic carbocycles. The summed E-state index contributed by atoms with van der Waals surface area (Å²) < 4.78 is 14.9. The first-order valence-corrected chi connectivity index (χ1v) is 14.3. The van der Waals surface area contributed by atoms with Crippen LogP contribution < -0.4 is 11.0 Å². The molecule has 0 rings (SSSR count). The van der Waals surface area contributed by atoms with Crippen molar-refractivity contribution in [1.29, 1.82) is 0 Å². The fourth-order valence-corrected chi connectivity index (χ4v) is 4.88. The molecule has 0 aliphatic heterocycles. The van der Waals surface area contributed by atoms with Crippen LogP contribution >= 0.6 is 7.82 Å². The molecule has 0 aromatic carbocycles. The lowest BCUT2D eigenvalue weighted by atomic mass is 9.73. The zero-order chi connectivity index (χ0) is 23.3. The Kier molecular flexibility index (Phi) is 24.3. The molecule has 0 radical (unpaired) electrons. The quantitative estimate of drug-likeness (QED) is 0.0943. The minimum Gasteiger partial charge on any atom is -0.756 e. The van der Waals surface area contributed by atoms with Gasteiger partial charge in [0.15, 0.2) is 0 Å². The first kappa shape index (κ1) is 34.2. The summed E-state index contributed by atoms with van der Waals surface area (Å²) in [6.07, 6.45) is 21.3. The predicted octanol–water partition coefficient (Wildman–Crippen LogP) is 6.24. The van der Waals surface area contributed by atoms with E-state index in [1.54, 1.807) is 0 Å². The van der Waals surface area contributed by atoms with Crippen LogP contribution in [0.1, 0.15) is 129 Å². The monoisotopic (exact) mass is 483 g/mol. The van der Waals surface area contributed by atoms with Gasteiger partial charge in [-0.05, 0) is 37.5 Å². The normalized spacial score (nSPS) is 13.7. The van der Waals surface area contributed by atoms with Crippen LogP contribution in [0.15, 0.2) is 0 Å². The van der Waals surface area contributed by atoms with Gasteiger partial charge in [-0.15, -0.1) is 0 Å². The van der Waals surface area contributed by atoms with Gasteiger partial charge in [0.25, 0.3) is 7.82 Å². The molecule has 0 amide bonds. The maximum atomic E-state index is 10.5. The van der Waals surface area contributed by atoms with Crippen LogP contribution in [0.2, 0.25) is 0 Å². The van der Waals surface area contributed by atoms with E-state index in [0.717, 1.165) is 51.4 Å². The highest BCUT2D eigenvalue weighted by Gasteiger charge is 2.28. The van der Waals surface area contributed by atoms with Crippen molar-refractivity contribution < 1.29 is 29.1 Å². The molecule has 0 aliphatic rings. The van der Waals surface area contributed by atoms with Crippen LogP contribution in [-0.4, -0.2) is 34.9 Å². The van der Waals surface area contributed by atoms with E-state index in [1.165, 1.54) is 64.2 Å². The summed E-state index contributed by atoms with van der Waals surface area (Å²) >= 11 is 0. The number of unbranched alkanes of at least 4 members (excludes halogenated alkanes) is 13. The summed E-state index contributed by atoms with van der Waals surface area (Å²) in [5, 5.41) is 19.2. The summed E-state index contributed by atoms with van der Waals surface area (Å²) in [4.78, 5) is 19.1. The number of hydrogen-bond donors (Lipinski definition) is 4. The van der Waals surface area contributed by atoms with Gasteiger partial charge in [-0.1, -0.05) is 96.8 Å². The minimum atomic E-state index is -4.59. The van der Waals surface area contributed by atoms with Gasteiger partial charge in [-0.25, -0.2) is 0 Å². The molecule has 7 N–H and O–H groups in total. The van der Waals surface area contributed by atoms with Crippen LogP contribution in [0.4, 0.5) is 0 Å². The number of aliphatic hydroxyl groups is 2. The fraction of sp³-hybridized carbons (Fsp3) is 1.00. The molecule has 1 unspecified atom stereocenters.